The smallest absolute Gasteiger partial charge is 0.326 e. The van der Waals surface area contributed by atoms with Crippen molar-refractivity contribution in [1.82, 2.24) is 10.6 Å². The van der Waals surface area contributed by atoms with Crippen LogP contribution in [0.4, 0.5) is 0 Å². The summed E-state index contributed by atoms with van der Waals surface area (Å²) in [5.41, 5.74) is 11.6. The number of nitrogens with two attached hydrogens (primary N) is 2. The number of nitrogens with one attached hydrogen (secondary N) is 2. The van der Waals surface area contributed by atoms with Gasteiger partial charge in [-0.05, 0) is 18.9 Å². The molecule has 3 amide bonds. The lowest BCUT2D eigenvalue weighted by Gasteiger charge is -2.19. The van der Waals surface area contributed by atoms with E-state index in [2.05, 4.69) is 10.6 Å². The van der Waals surface area contributed by atoms with E-state index in [9.17, 15) is 19.2 Å². The Hall–Kier alpha value is -2.94. The highest BCUT2D eigenvalue weighted by Crippen LogP contribution is 2.02. The van der Waals surface area contributed by atoms with Gasteiger partial charge in [0.2, 0.25) is 17.7 Å². The summed E-state index contributed by atoms with van der Waals surface area (Å²) >= 11 is 0. The van der Waals surface area contributed by atoms with Crippen LogP contribution in [0.2, 0.25) is 0 Å². The van der Waals surface area contributed by atoms with Crippen molar-refractivity contribution in [2.45, 2.75) is 37.9 Å². The number of carbonyl (C=O) groups is 4. The molecule has 9 heteroatoms. The lowest BCUT2D eigenvalue weighted by molar-refractivity contribution is -0.143. The Morgan fingerprint density at radius 3 is 2.20 bits per heavy atom. The molecule has 25 heavy (non-hydrogen) atoms. The number of amides is 3. The van der Waals surface area contributed by atoms with Gasteiger partial charge < -0.3 is 27.2 Å². The molecule has 0 bridgehead atoms. The van der Waals surface area contributed by atoms with Crippen molar-refractivity contribution in [3.63, 3.8) is 0 Å². The summed E-state index contributed by atoms with van der Waals surface area (Å²) in [5.74, 6) is -3.57. The Morgan fingerprint density at radius 1 is 1.08 bits per heavy atom. The molecule has 0 saturated heterocycles. The van der Waals surface area contributed by atoms with E-state index < -0.39 is 48.2 Å². The number of rotatable bonds is 9. The van der Waals surface area contributed by atoms with Crippen LogP contribution in [0.5, 0.6) is 0 Å². The van der Waals surface area contributed by atoms with Crippen molar-refractivity contribution in [3.05, 3.63) is 35.9 Å². The van der Waals surface area contributed by atoms with Gasteiger partial charge >= 0.3 is 5.97 Å². The van der Waals surface area contributed by atoms with Crippen LogP contribution in [0.1, 0.15) is 18.9 Å². The molecule has 9 nitrogen and oxygen atoms in total. The van der Waals surface area contributed by atoms with Crippen molar-refractivity contribution < 1.29 is 24.3 Å². The molecule has 0 fully saturated rings. The number of aliphatic carboxylic acids is 1. The highest BCUT2D eigenvalue weighted by Gasteiger charge is 2.26. The number of carboxylic acids is 1. The fourth-order valence-corrected chi connectivity index (χ4v) is 2.04. The Balaban J connectivity index is 2.56. The summed E-state index contributed by atoms with van der Waals surface area (Å²) in [6, 6.07) is 5.79. The summed E-state index contributed by atoms with van der Waals surface area (Å²) in [7, 11) is 0. The van der Waals surface area contributed by atoms with E-state index in [-0.39, 0.29) is 0 Å². The normalized spacial score (nSPS) is 14.0. The Morgan fingerprint density at radius 2 is 1.68 bits per heavy atom. The third-order valence-electron chi connectivity index (χ3n) is 3.41. The number of carboxylic acid groups (broad SMARTS) is 1. The molecule has 136 valence electrons. The van der Waals surface area contributed by atoms with Gasteiger partial charge in [-0.2, -0.15) is 0 Å². The molecule has 0 aliphatic heterocycles. The fourth-order valence-electron chi connectivity index (χ4n) is 2.04. The minimum Gasteiger partial charge on any atom is -0.480 e. The minimum absolute atomic E-state index is 0.292. The lowest BCUT2D eigenvalue weighted by atomic mass is 10.1. The largest absolute Gasteiger partial charge is 0.480 e. The fraction of sp³-hybridized carbons (Fsp3) is 0.375. The molecule has 7 N–H and O–H groups in total. The molecule has 0 heterocycles. The second-order valence-corrected chi connectivity index (χ2v) is 5.60. The second kappa shape index (κ2) is 9.38. The third kappa shape index (κ3) is 7.00. The zero-order chi connectivity index (χ0) is 19.0. The monoisotopic (exact) mass is 350 g/mol. The topological polar surface area (TPSA) is 165 Å². The van der Waals surface area contributed by atoms with E-state index in [0.717, 1.165) is 5.56 Å². The van der Waals surface area contributed by atoms with Crippen LogP contribution >= 0.6 is 0 Å². The van der Waals surface area contributed by atoms with Gasteiger partial charge in [0.1, 0.15) is 12.1 Å². The number of benzene rings is 1. The molecule has 1 rings (SSSR count). The summed E-state index contributed by atoms with van der Waals surface area (Å²) in [6.07, 6.45) is -0.254. The number of carbonyl (C=O) groups excluding carboxylic acids is 3. The average molecular weight is 350 g/mol. The first kappa shape index (κ1) is 20.1. The Bertz CT molecular complexity index is 635. The first-order valence-corrected chi connectivity index (χ1v) is 7.62. The van der Waals surface area contributed by atoms with Gasteiger partial charge in [-0.25, -0.2) is 4.79 Å². The van der Waals surface area contributed by atoms with Gasteiger partial charge in [-0.3, -0.25) is 14.4 Å². The molecule has 0 aromatic heterocycles. The molecular formula is C16H22N4O5. The highest BCUT2D eigenvalue weighted by atomic mass is 16.4. The van der Waals surface area contributed by atoms with Crippen LogP contribution in [0.15, 0.2) is 30.3 Å². The number of primary amides is 1. The minimum atomic E-state index is -1.46. The Kier molecular flexibility index (Phi) is 7.54. The predicted molar refractivity (Wildman–Crippen MR) is 89.1 cm³/mol. The first-order valence-electron chi connectivity index (χ1n) is 7.62. The standard InChI is InChI=1S/C16H22N4O5/c1-9(14(22)20-12(16(24)25)8-13(18)21)19-15(23)11(17)7-10-5-3-2-4-6-10/h2-6,9,11-12H,7-8,17H2,1H3,(H2,18,21)(H,19,23)(H,20,22)(H,24,25). The van der Waals surface area contributed by atoms with Gasteiger partial charge in [0.15, 0.2) is 0 Å². The third-order valence-corrected chi connectivity index (χ3v) is 3.41. The molecular weight excluding hydrogens is 328 g/mol. The maximum absolute atomic E-state index is 12.1. The van der Waals surface area contributed by atoms with E-state index in [0.29, 0.717) is 6.42 Å². The summed E-state index contributed by atoms with van der Waals surface area (Å²) in [4.78, 5) is 45.9. The van der Waals surface area contributed by atoms with Gasteiger partial charge in [-0.1, -0.05) is 30.3 Å². The van der Waals surface area contributed by atoms with Gasteiger partial charge in [-0.15, -0.1) is 0 Å². The van der Waals surface area contributed by atoms with Gasteiger partial charge in [0.25, 0.3) is 0 Å². The second-order valence-electron chi connectivity index (χ2n) is 5.60. The van der Waals surface area contributed by atoms with Crippen molar-refractivity contribution in [2.24, 2.45) is 11.5 Å². The lowest BCUT2D eigenvalue weighted by Crippen LogP contribution is -2.54. The van der Waals surface area contributed by atoms with Crippen molar-refractivity contribution >= 4 is 23.7 Å². The maximum Gasteiger partial charge on any atom is 0.326 e. The van der Waals surface area contributed by atoms with Crippen LogP contribution in [0.3, 0.4) is 0 Å². The average Bonchev–Trinajstić information content (AvgIpc) is 2.54. The summed E-state index contributed by atoms with van der Waals surface area (Å²) in [6.45, 7) is 1.38. The molecule has 0 radical (unpaired) electrons. The van der Waals surface area contributed by atoms with Crippen molar-refractivity contribution in [3.8, 4) is 0 Å². The zero-order valence-electron chi connectivity index (χ0n) is 13.8. The van der Waals surface area contributed by atoms with Crippen LogP contribution in [0, 0.1) is 0 Å². The van der Waals surface area contributed by atoms with Crippen molar-refractivity contribution in [2.75, 3.05) is 0 Å². The molecule has 0 aliphatic carbocycles. The first-order chi connectivity index (χ1) is 11.7. The Labute approximate surface area is 144 Å². The SMILES string of the molecule is CC(NC(=O)C(N)Cc1ccccc1)C(=O)NC(CC(N)=O)C(=O)O. The van der Waals surface area contributed by atoms with E-state index in [1.165, 1.54) is 6.92 Å². The predicted octanol–water partition coefficient (Wildman–Crippen LogP) is -1.49. The quantitative estimate of drug-likeness (QED) is 0.364. The van der Waals surface area contributed by atoms with E-state index >= 15 is 0 Å². The highest BCUT2D eigenvalue weighted by molar-refractivity contribution is 5.92. The number of hydrogen-bond donors (Lipinski definition) is 5. The molecule has 1 aromatic rings. The van der Waals surface area contributed by atoms with Crippen LogP contribution < -0.4 is 22.1 Å². The van der Waals surface area contributed by atoms with E-state index in [1.807, 2.05) is 30.3 Å². The summed E-state index contributed by atoms with van der Waals surface area (Å²) in [5, 5.41) is 13.5. The molecule has 1 aromatic carbocycles. The summed E-state index contributed by atoms with van der Waals surface area (Å²) < 4.78 is 0. The van der Waals surface area contributed by atoms with Gasteiger partial charge in [0, 0.05) is 0 Å². The molecule has 0 aliphatic rings. The zero-order valence-corrected chi connectivity index (χ0v) is 13.8. The van der Waals surface area contributed by atoms with E-state index in [4.69, 9.17) is 16.6 Å². The van der Waals surface area contributed by atoms with Crippen LogP contribution in [-0.2, 0) is 25.6 Å². The van der Waals surface area contributed by atoms with Crippen molar-refractivity contribution in [1.29, 1.82) is 0 Å². The van der Waals surface area contributed by atoms with Crippen LogP contribution in [0.25, 0.3) is 0 Å². The van der Waals surface area contributed by atoms with Crippen LogP contribution in [-0.4, -0.2) is 46.9 Å². The molecule has 0 saturated carbocycles. The van der Waals surface area contributed by atoms with Gasteiger partial charge in [0.05, 0.1) is 12.5 Å². The number of hydrogen-bond acceptors (Lipinski definition) is 5. The molecule has 0 spiro atoms. The maximum atomic E-state index is 12.1. The molecule has 3 atom stereocenters. The van der Waals surface area contributed by atoms with E-state index in [1.54, 1.807) is 0 Å². The molecule has 3 unspecified atom stereocenters.